The predicted molar refractivity (Wildman–Crippen MR) is 83.3 cm³/mol. The van der Waals surface area contributed by atoms with E-state index in [0.717, 1.165) is 37.1 Å². The van der Waals surface area contributed by atoms with Crippen LogP contribution in [0, 0.1) is 6.92 Å². The van der Waals surface area contributed by atoms with Gasteiger partial charge in [-0.1, -0.05) is 18.2 Å². The van der Waals surface area contributed by atoms with E-state index in [9.17, 15) is 4.79 Å². The zero-order chi connectivity index (χ0) is 14.7. The molecule has 1 saturated heterocycles. The first-order chi connectivity index (χ1) is 10.3. The Hall–Kier alpha value is -2.16. The zero-order valence-corrected chi connectivity index (χ0v) is 12.3. The van der Waals surface area contributed by atoms with Crippen LogP contribution < -0.4 is 0 Å². The normalized spacial score (nSPS) is 16.0. The van der Waals surface area contributed by atoms with Gasteiger partial charge in [-0.05, 0) is 55.0 Å². The molecule has 0 spiro atoms. The molecule has 0 unspecified atom stereocenters. The van der Waals surface area contributed by atoms with Crippen molar-refractivity contribution >= 4 is 5.91 Å². The third kappa shape index (κ3) is 2.97. The highest BCUT2D eigenvalue weighted by Crippen LogP contribution is 2.28. The molecule has 2 heterocycles. The first-order valence-corrected chi connectivity index (χ1v) is 7.50. The molecular weight excluding hydrogens is 260 g/mol. The van der Waals surface area contributed by atoms with Crippen molar-refractivity contribution in [1.82, 2.24) is 9.88 Å². The lowest BCUT2D eigenvalue weighted by Crippen LogP contribution is -2.38. The van der Waals surface area contributed by atoms with Crippen LogP contribution in [0.2, 0.25) is 0 Å². The average Bonchev–Trinajstić information content (AvgIpc) is 2.56. The summed E-state index contributed by atoms with van der Waals surface area (Å²) in [5, 5.41) is 0. The standard InChI is InChI=1S/C18H20N2O/c1-14-4-2-3-5-17(14)18(21)20-12-8-16(9-13-20)15-6-10-19-11-7-15/h2-7,10-11,16H,8-9,12-13H2,1H3. The van der Waals surface area contributed by atoms with Crippen molar-refractivity contribution in [3.8, 4) is 0 Å². The Labute approximate surface area is 125 Å². The van der Waals surface area contributed by atoms with Crippen LogP contribution in [-0.2, 0) is 0 Å². The number of nitrogens with zero attached hydrogens (tertiary/aromatic N) is 2. The van der Waals surface area contributed by atoms with Gasteiger partial charge in [0.15, 0.2) is 0 Å². The number of carbonyl (C=O) groups excluding carboxylic acids is 1. The van der Waals surface area contributed by atoms with Crippen LogP contribution >= 0.6 is 0 Å². The lowest BCUT2D eigenvalue weighted by atomic mass is 9.90. The molecule has 1 aliphatic rings. The van der Waals surface area contributed by atoms with Gasteiger partial charge in [-0.25, -0.2) is 0 Å². The first-order valence-electron chi connectivity index (χ1n) is 7.50. The van der Waals surface area contributed by atoms with E-state index in [0.29, 0.717) is 5.92 Å². The third-order valence-electron chi connectivity index (χ3n) is 4.34. The van der Waals surface area contributed by atoms with Crippen LogP contribution in [0.3, 0.4) is 0 Å². The van der Waals surface area contributed by atoms with Gasteiger partial charge in [-0.15, -0.1) is 0 Å². The van der Waals surface area contributed by atoms with Gasteiger partial charge < -0.3 is 4.90 Å². The van der Waals surface area contributed by atoms with E-state index in [2.05, 4.69) is 17.1 Å². The second-order valence-electron chi connectivity index (χ2n) is 5.66. The molecule has 0 bridgehead atoms. The summed E-state index contributed by atoms with van der Waals surface area (Å²) in [5.74, 6) is 0.718. The molecule has 1 fully saturated rings. The van der Waals surface area contributed by atoms with Gasteiger partial charge in [-0.3, -0.25) is 9.78 Å². The van der Waals surface area contributed by atoms with E-state index >= 15 is 0 Å². The number of aromatic nitrogens is 1. The van der Waals surface area contributed by atoms with Gasteiger partial charge in [0.25, 0.3) is 5.91 Å². The van der Waals surface area contributed by atoms with Crippen molar-refractivity contribution < 1.29 is 4.79 Å². The summed E-state index contributed by atoms with van der Waals surface area (Å²) in [6.45, 7) is 3.66. The minimum atomic E-state index is 0.168. The maximum absolute atomic E-state index is 12.6. The highest BCUT2D eigenvalue weighted by atomic mass is 16.2. The largest absolute Gasteiger partial charge is 0.339 e. The number of carbonyl (C=O) groups is 1. The number of aryl methyl sites for hydroxylation is 1. The summed E-state index contributed by atoms with van der Waals surface area (Å²) in [6, 6.07) is 12.0. The van der Waals surface area contributed by atoms with E-state index in [-0.39, 0.29) is 5.91 Å². The fraction of sp³-hybridized carbons (Fsp3) is 0.333. The van der Waals surface area contributed by atoms with Gasteiger partial charge in [0.05, 0.1) is 0 Å². The lowest BCUT2D eigenvalue weighted by molar-refractivity contribution is 0.0712. The van der Waals surface area contributed by atoms with E-state index in [1.165, 1.54) is 5.56 Å². The topological polar surface area (TPSA) is 33.2 Å². The molecule has 1 aromatic heterocycles. The quantitative estimate of drug-likeness (QED) is 0.844. The number of benzene rings is 1. The summed E-state index contributed by atoms with van der Waals surface area (Å²) in [4.78, 5) is 18.6. The number of amides is 1. The fourth-order valence-electron chi connectivity index (χ4n) is 3.03. The molecule has 0 N–H and O–H groups in total. The molecule has 0 saturated carbocycles. The highest BCUT2D eigenvalue weighted by molar-refractivity contribution is 5.95. The van der Waals surface area contributed by atoms with Crippen LogP contribution in [0.1, 0.15) is 40.2 Å². The molecule has 2 aromatic rings. The van der Waals surface area contributed by atoms with Crippen LogP contribution in [0.4, 0.5) is 0 Å². The van der Waals surface area contributed by atoms with Crippen LogP contribution in [0.5, 0.6) is 0 Å². The van der Waals surface area contributed by atoms with Crippen molar-refractivity contribution in [3.63, 3.8) is 0 Å². The van der Waals surface area contributed by atoms with Gasteiger partial charge in [0.1, 0.15) is 0 Å². The molecule has 0 atom stereocenters. The zero-order valence-electron chi connectivity index (χ0n) is 12.3. The Morgan fingerprint density at radius 3 is 2.43 bits per heavy atom. The van der Waals surface area contributed by atoms with Gasteiger partial charge in [0.2, 0.25) is 0 Å². The van der Waals surface area contributed by atoms with Gasteiger partial charge in [-0.2, -0.15) is 0 Å². The van der Waals surface area contributed by atoms with Gasteiger partial charge >= 0.3 is 0 Å². The lowest BCUT2D eigenvalue weighted by Gasteiger charge is -2.32. The van der Waals surface area contributed by atoms with Crippen molar-refractivity contribution in [3.05, 3.63) is 65.5 Å². The Balaban J connectivity index is 1.66. The molecule has 0 radical (unpaired) electrons. The van der Waals surface area contributed by atoms with Crippen LogP contribution in [-0.4, -0.2) is 28.9 Å². The summed E-state index contributed by atoms with van der Waals surface area (Å²) >= 11 is 0. The van der Waals surface area contributed by atoms with Crippen molar-refractivity contribution in [2.24, 2.45) is 0 Å². The fourth-order valence-corrected chi connectivity index (χ4v) is 3.03. The molecule has 3 rings (SSSR count). The molecule has 1 aromatic carbocycles. The average molecular weight is 280 g/mol. The molecule has 1 aliphatic heterocycles. The molecule has 21 heavy (non-hydrogen) atoms. The van der Waals surface area contributed by atoms with E-state index in [1.807, 2.05) is 48.5 Å². The molecule has 108 valence electrons. The van der Waals surface area contributed by atoms with E-state index < -0.39 is 0 Å². The number of rotatable bonds is 2. The number of hydrogen-bond acceptors (Lipinski definition) is 2. The smallest absolute Gasteiger partial charge is 0.254 e. The van der Waals surface area contributed by atoms with Crippen LogP contribution in [0.25, 0.3) is 0 Å². The number of likely N-dealkylation sites (tertiary alicyclic amines) is 1. The molecular formula is C18H20N2O. The van der Waals surface area contributed by atoms with E-state index in [4.69, 9.17) is 0 Å². The number of piperidine rings is 1. The first kappa shape index (κ1) is 13.8. The molecule has 3 nitrogen and oxygen atoms in total. The summed E-state index contributed by atoms with van der Waals surface area (Å²) in [5.41, 5.74) is 3.23. The predicted octanol–water partition coefficient (Wildman–Crippen LogP) is 3.41. The Morgan fingerprint density at radius 1 is 1.10 bits per heavy atom. The van der Waals surface area contributed by atoms with E-state index in [1.54, 1.807) is 0 Å². The highest BCUT2D eigenvalue weighted by Gasteiger charge is 2.25. The minimum absolute atomic E-state index is 0.168. The Morgan fingerprint density at radius 2 is 1.76 bits per heavy atom. The SMILES string of the molecule is Cc1ccccc1C(=O)N1CCC(c2ccncc2)CC1. The second kappa shape index (κ2) is 6.08. The van der Waals surface area contributed by atoms with Crippen molar-refractivity contribution in [2.45, 2.75) is 25.7 Å². The van der Waals surface area contributed by atoms with Crippen molar-refractivity contribution in [2.75, 3.05) is 13.1 Å². The third-order valence-corrected chi connectivity index (χ3v) is 4.34. The summed E-state index contributed by atoms with van der Waals surface area (Å²) < 4.78 is 0. The molecule has 0 aliphatic carbocycles. The number of pyridine rings is 1. The van der Waals surface area contributed by atoms with Crippen LogP contribution in [0.15, 0.2) is 48.8 Å². The Bertz CT molecular complexity index is 616. The summed E-state index contributed by atoms with van der Waals surface area (Å²) in [7, 11) is 0. The van der Waals surface area contributed by atoms with Crippen molar-refractivity contribution in [1.29, 1.82) is 0 Å². The molecule has 3 heteroatoms. The maximum atomic E-state index is 12.6. The molecule has 1 amide bonds. The number of hydrogen-bond donors (Lipinski definition) is 0. The van der Waals surface area contributed by atoms with Gasteiger partial charge in [0, 0.05) is 31.0 Å². The minimum Gasteiger partial charge on any atom is -0.339 e. The second-order valence-corrected chi connectivity index (χ2v) is 5.66. The maximum Gasteiger partial charge on any atom is 0.254 e. The Kier molecular flexibility index (Phi) is 4.00. The summed E-state index contributed by atoms with van der Waals surface area (Å²) in [6.07, 6.45) is 5.75. The monoisotopic (exact) mass is 280 g/mol.